The highest BCUT2D eigenvalue weighted by molar-refractivity contribution is 7.89. The molecule has 0 unspecified atom stereocenters. The van der Waals surface area contributed by atoms with E-state index in [0.717, 1.165) is 12.5 Å². The van der Waals surface area contributed by atoms with Gasteiger partial charge in [0.25, 0.3) is 0 Å². The lowest BCUT2D eigenvalue weighted by Gasteiger charge is -2.40. The maximum absolute atomic E-state index is 12.4. The molecule has 7 nitrogen and oxygen atoms in total. The molecule has 0 saturated heterocycles. The van der Waals surface area contributed by atoms with E-state index in [1.807, 2.05) is 0 Å². The molecule has 1 aromatic carbocycles. The summed E-state index contributed by atoms with van der Waals surface area (Å²) in [7, 11) is -2.64. The zero-order valence-corrected chi connectivity index (χ0v) is 12.3. The largest absolute Gasteiger partial charge is 0.495 e. The van der Waals surface area contributed by atoms with E-state index in [0.29, 0.717) is 12.8 Å². The van der Waals surface area contributed by atoms with Crippen LogP contribution in [0.4, 0.5) is 0 Å². The van der Waals surface area contributed by atoms with Crippen LogP contribution < -0.4 is 9.46 Å². The molecule has 0 spiro atoms. The zero-order valence-electron chi connectivity index (χ0n) is 11.5. The molecule has 1 fully saturated rings. The minimum Gasteiger partial charge on any atom is -0.495 e. The van der Waals surface area contributed by atoms with Gasteiger partial charge in [-0.15, -0.1) is 0 Å². The second-order valence-electron chi connectivity index (χ2n) is 5.07. The number of carboxylic acids is 1. The third kappa shape index (κ3) is 3.02. The molecule has 0 aromatic heterocycles. The van der Waals surface area contributed by atoms with E-state index in [1.165, 1.54) is 19.2 Å². The molecule has 1 aliphatic carbocycles. The standard InChI is InChI=1S/C13H17NO6S/c1-20-10-7-9(12(16)17)3-4-11(10)21(18,19)14-13(8-15)5-2-6-13/h3-4,7,14-15H,2,5-6,8H2,1H3,(H,16,17). The highest BCUT2D eigenvalue weighted by atomic mass is 32.2. The number of rotatable bonds is 6. The predicted molar refractivity (Wildman–Crippen MR) is 73.9 cm³/mol. The van der Waals surface area contributed by atoms with Crippen LogP contribution in [-0.2, 0) is 10.0 Å². The van der Waals surface area contributed by atoms with Gasteiger partial charge in [0.05, 0.1) is 24.8 Å². The Kier molecular flexibility index (Phi) is 4.22. The molecule has 0 radical (unpaired) electrons. The van der Waals surface area contributed by atoms with E-state index in [4.69, 9.17) is 9.84 Å². The van der Waals surface area contributed by atoms with Crippen molar-refractivity contribution in [2.24, 2.45) is 0 Å². The molecule has 1 saturated carbocycles. The minimum absolute atomic E-state index is 0.0465. The molecule has 0 amide bonds. The number of carbonyl (C=O) groups is 1. The highest BCUT2D eigenvalue weighted by Crippen LogP contribution is 2.34. The number of benzene rings is 1. The van der Waals surface area contributed by atoms with Crippen LogP contribution in [0.15, 0.2) is 23.1 Å². The number of aliphatic hydroxyl groups is 1. The molecule has 8 heteroatoms. The molecule has 21 heavy (non-hydrogen) atoms. The van der Waals surface area contributed by atoms with Gasteiger partial charge in [0.15, 0.2) is 0 Å². The van der Waals surface area contributed by atoms with Crippen molar-refractivity contribution in [3.63, 3.8) is 0 Å². The lowest BCUT2D eigenvalue weighted by Crippen LogP contribution is -2.55. The second kappa shape index (κ2) is 5.63. The van der Waals surface area contributed by atoms with Gasteiger partial charge in [0, 0.05) is 0 Å². The normalized spacial score (nSPS) is 17.0. The summed E-state index contributed by atoms with van der Waals surface area (Å²) in [5.41, 5.74) is -0.888. The van der Waals surface area contributed by atoms with Crippen LogP contribution in [0.5, 0.6) is 5.75 Å². The van der Waals surface area contributed by atoms with Gasteiger partial charge in [-0.2, -0.15) is 0 Å². The topological polar surface area (TPSA) is 113 Å². The van der Waals surface area contributed by atoms with E-state index in [1.54, 1.807) is 0 Å². The van der Waals surface area contributed by atoms with E-state index < -0.39 is 21.5 Å². The van der Waals surface area contributed by atoms with E-state index in [-0.39, 0.29) is 22.8 Å². The van der Waals surface area contributed by atoms with Crippen LogP contribution in [0, 0.1) is 0 Å². The number of aliphatic hydroxyl groups excluding tert-OH is 1. The Balaban J connectivity index is 2.37. The van der Waals surface area contributed by atoms with E-state index in [9.17, 15) is 18.3 Å². The average molecular weight is 315 g/mol. The number of hydrogen-bond donors (Lipinski definition) is 3. The van der Waals surface area contributed by atoms with Crippen molar-refractivity contribution in [3.8, 4) is 5.75 Å². The second-order valence-corrected chi connectivity index (χ2v) is 6.72. The van der Waals surface area contributed by atoms with Gasteiger partial charge in [0.1, 0.15) is 10.6 Å². The monoisotopic (exact) mass is 315 g/mol. The number of nitrogens with one attached hydrogen (secondary N) is 1. The lowest BCUT2D eigenvalue weighted by molar-refractivity contribution is 0.0696. The van der Waals surface area contributed by atoms with Gasteiger partial charge in [-0.3, -0.25) is 0 Å². The molecule has 1 aliphatic rings. The SMILES string of the molecule is COc1cc(C(=O)O)ccc1S(=O)(=O)NC1(CO)CCC1. The fraction of sp³-hybridized carbons (Fsp3) is 0.462. The minimum atomic E-state index is -3.90. The molecular weight excluding hydrogens is 298 g/mol. The van der Waals surface area contributed by atoms with Crippen molar-refractivity contribution < 1.29 is 28.2 Å². The number of hydrogen-bond acceptors (Lipinski definition) is 5. The van der Waals surface area contributed by atoms with Gasteiger partial charge in [-0.05, 0) is 37.5 Å². The Labute approximate surface area is 122 Å². The van der Waals surface area contributed by atoms with Crippen molar-refractivity contribution in [1.29, 1.82) is 0 Å². The Bertz CT molecular complexity index is 645. The molecule has 1 aromatic rings. The third-order valence-corrected chi connectivity index (χ3v) is 5.28. The maximum atomic E-state index is 12.4. The van der Waals surface area contributed by atoms with Crippen LogP contribution in [0.3, 0.4) is 0 Å². The van der Waals surface area contributed by atoms with Gasteiger partial charge in [0.2, 0.25) is 10.0 Å². The van der Waals surface area contributed by atoms with Crippen LogP contribution in [0.25, 0.3) is 0 Å². The van der Waals surface area contributed by atoms with Crippen LogP contribution in [0.1, 0.15) is 29.6 Å². The molecule has 3 N–H and O–H groups in total. The summed E-state index contributed by atoms with van der Waals surface area (Å²) in [6.45, 7) is -0.276. The first-order valence-electron chi connectivity index (χ1n) is 6.40. The summed E-state index contributed by atoms with van der Waals surface area (Å²) >= 11 is 0. The first-order valence-corrected chi connectivity index (χ1v) is 7.88. The number of aromatic carboxylic acids is 1. The summed E-state index contributed by atoms with van der Waals surface area (Å²) in [5.74, 6) is -1.22. The zero-order chi connectivity index (χ0) is 15.7. The van der Waals surface area contributed by atoms with E-state index >= 15 is 0 Å². The van der Waals surface area contributed by atoms with Crippen molar-refractivity contribution in [3.05, 3.63) is 23.8 Å². The van der Waals surface area contributed by atoms with Crippen molar-refractivity contribution in [2.75, 3.05) is 13.7 Å². The lowest BCUT2D eigenvalue weighted by atomic mass is 9.78. The summed E-state index contributed by atoms with van der Waals surface area (Å²) in [6.07, 6.45) is 1.98. The molecular formula is C13H17NO6S. The number of carboxylic acid groups (broad SMARTS) is 1. The number of sulfonamides is 1. The summed E-state index contributed by atoms with van der Waals surface area (Å²) in [4.78, 5) is 10.8. The first-order chi connectivity index (χ1) is 9.83. The Hall–Kier alpha value is -1.64. The quantitative estimate of drug-likeness (QED) is 0.708. The molecule has 2 rings (SSSR count). The smallest absolute Gasteiger partial charge is 0.335 e. The van der Waals surface area contributed by atoms with Crippen molar-refractivity contribution >= 4 is 16.0 Å². The molecule has 0 atom stereocenters. The maximum Gasteiger partial charge on any atom is 0.335 e. The number of methoxy groups -OCH3 is 1. The van der Waals surface area contributed by atoms with E-state index in [2.05, 4.69) is 4.72 Å². The average Bonchev–Trinajstić information content (AvgIpc) is 2.42. The van der Waals surface area contributed by atoms with Crippen molar-refractivity contribution in [1.82, 2.24) is 4.72 Å². The molecule has 0 aliphatic heterocycles. The van der Waals surface area contributed by atoms with Crippen LogP contribution in [-0.4, -0.2) is 43.9 Å². The summed E-state index contributed by atoms with van der Waals surface area (Å²) in [6, 6.07) is 3.55. The number of ether oxygens (including phenoxy) is 1. The molecule has 116 valence electrons. The summed E-state index contributed by atoms with van der Waals surface area (Å²) in [5, 5.41) is 18.3. The Morgan fingerprint density at radius 1 is 1.43 bits per heavy atom. The Morgan fingerprint density at radius 2 is 2.10 bits per heavy atom. The van der Waals surface area contributed by atoms with Crippen LogP contribution >= 0.6 is 0 Å². The fourth-order valence-electron chi connectivity index (χ4n) is 2.26. The van der Waals surface area contributed by atoms with Gasteiger partial charge < -0.3 is 14.9 Å². The van der Waals surface area contributed by atoms with Gasteiger partial charge in [-0.1, -0.05) is 0 Å². The third-order valence-electron chi connectivity index (χ3n) is 3.66. The highest BCUT2D eigenvalue weighted by Gasteiger charge is 2.41. The molecule has 0 bridgehead atoms. The van der Waals surface area contributed by atoms with Gasteiger partial charge >= 0.3 is 5.97 Å². The summed E-state index contributed by atoms with van der Waals surface area (Å²) < 4.78 is 32.3. The Morgan fingerprint density at radius 3 is 2.52 bits per heavy atom. The van der Waals surface area contributed by atoms with Crippen molar-refractivity contribution in [2.45, 2.75) is 29.7 Å². The molecule has 0 heterocycles. The fourth-order valence-corrected chi connectivity index (χ4v) is 3.86. The van der Waals surface area contributed by atoms with Gasteiger partial charge in [-0.25, -0.2) is 17.9 Å². The predicted octanol–water partition coefficient (Wildman–Crippen LogP) is 0.587. The first kappa shape index (κ1) is 15.7. The van der Waals surface area contributed by atoms with Crippen LogP contribution in [0.2, 0.25) is 0 Å².